The molecule has 23 heavy (non-hydrogen) atoms. The van der Waals surface area contributed by atoms with E-state index >= 15 is 0 Å². The summed E-state index contributed by atoms with van der Waals surface area (Å²) in [5, 5.41) is 0. The molecule has 1 aliphatic heterocycles. The molecule has 0 radical (unpaired) electrons. The van der Waals surface area contributed by atoms with Crippen molar-refractivity contribution in [1.29, 1.82) is 0 Å². The number of nitrogens with one attached hydrogen (secondary N) is 2. The van der Waals surface area contributed by atoms with Gasteiger partial charge in [0.2, 0.25) is 0 Å². The lowest BCUT2D eigenvalue weighted by Crippen LogP contribution is -3.28. The number of hydrogen-bond acceptors (Lipinski definition) is 1. The quantitative estimate of drug-likeness (QED) is 0.797. The zero-order valence-corrected chi connectivity index (χ0v) is 14.1. The second-order valence-corrected chi connectivity index (χ2v) is 6.31. The number of hydrogen-bond donors (Lipinski definition) is 2. The molecule has 0 aliphatic carbocycles. The first-order valence-corrected chi connectivity index (χ1v) is 8.81. The Kier molecular flexibility index (Phi) is 5.67. The number of ether oxygens (including phenoxy) is 1. The van der Waals surface area contributed by atoms with Crippen LogP contribution in [-0.2, 0) is 0 Å². The molecule has 0 saturated carbocycles. The van der Waals surface area contributed by atoms with E-state index in [0.717, 1.165) is 18.9 Å². The molecule has 1 fully saturated rings. The van der Waals surface area contributed by atoms with Gasteiger partial charge in [0.1, 0.15) is 45.1 Å². The number of para-hydroxylation sites is 1. The minimum absolute atomic E-state index is 0.792. The summed E-state index contributed by atoms with van der Waals surface area (Å²) in [6.45, 7) is 10.6. The molecule has 0 aromatic heterocycles. The lowest BCUT2D eigenvalue weighted by atomic mass is 10.1. The molecule has 1 saturated heterocycles. The van der Waals surface area contributed by atoms with Crippen LogP contribution < -0.4 is 14.5 Å². The zero-order chi connectivity index (χ0) is 15.9. The van der Waals surface area contributed by atoms with E-state index in [1.807, 2.05) is 6.07 Å². The maximum atomic E-state index is 6.12. The predicted molar refractivity (Wildman–Crippen MR) is 94.2 cm³/mol. The number of rotatable bonds is 6. The first-order chi connectivity index (χ1) is 11.4. The Bertz CT molecular complexity index is 592. The number of quaternary nitrogens is 2. The highest BCUT2D eigenvalue weighted by molar-refractivity contribution is 5.70. The highest BCUT2D eigenvalue weighted by atomic mass is 16.5. The molecule has 0 bridgehead atoms. The molecule has 2 aromatic carbocycles. The lowest BCUT2D eigenvalue weighted by Gasteiger charge is -2.28. The summed E-state index contributed by atoms with van der Waals surface area (Å²) in [6.07, 6.45) is 0. The fourth-order valence-electron chi connectivity index (χ4n) is 3.31. The minimum atomic E-state index is 0.792. The van der Waals surface area contributed by atoms with Crippen molar-refractivity contribution in [1.82, 2.24) is 0 Å². The summed E-state index contributed by atoms with van der Waals surface area (Å²) in [7, 11) is 0. The molecule has 1 heterocycles. The second-order valence-electron chi connectivity index (χ2n) is 6.31. The van der Waals surface area contributed by atoms with E-state index in [2.05, 4.69) is 55.5 Å². The van der Waals surface area contributed by atoms with Crippen LogP contribution in [0.2, 0.25) is 0 Å². The number of likely N-dealkylation sites (N-methyl/N-ethyl adjacent to an activating group) is 1. The fraction of sp³-hybridized carbons (Fsp3) is 0.400. The van der Waals surface area contributed by atoms with Crippen LogP contribution in [0.3, 0.4) is 0 Å². The van der Waals surface area contributed by atoms with E-state index in [4.69, 9.17) is 4.74 Å². The van der Waals surface area contributed by atoms with E-state index in [9.17, 15) is 0 Å². The Labute approximate surface area is 139 Å². The highest BCUT2D eigenvalue weighted by Crippen LogP contribution is 2.29. The first-order valence-electron chi connectivity index (χ1n) is 8.81. The van der Waals surface area contributed by atoms with E-state index in [0.29, 0.717) is 0 Å². The molecule has 0 unspecified atom stereocenters. The van der Waals surface area contributed by atoms with Crippen molar-refractivity contribution in [3.63, 3.8) is 0 Å². The van der Waals surface area contributed by atoms with Gasteiger partial charge in [-0.1, -0.05) is 48.5 Å². The first kappa shape index (κ1) is 16.0. The Morgan fingerprint density at radius 2 is 1.48 bits per heavy atom. The summed E-state index contributed by atoms with van der Waals surface area (Å²) < 4.78 is 6.12. The van der Waals surface area contributed by atoms with Crippen LogP contribution in [0.4, 0.5) is 0 Å². The molecular weight excluding hydrogens is 284 g/mol. The van der Waals surface area contributed by atoms with Crippen LogP contribution in [0.15, 0.2) is 54.6 Å². The molecule has 3 rings (SSSR count). The van der Waals surface area contributed by atoms with Crippen LogP contribution in [0.25, 0.3) is 11.1 Å². The predicted octanol–water partition coefficient (Wildman–Crippen LogP) is 0.536. The third kappa shape index (κ3) is 4.34. The van der Waals surface area contributed by atoms with Crippen LogP contribution in [0, 0.1) is 0 Å². The molecule has 2 N–H and O–H groups in total. The van der Waals surface area contributed by atoms with E-state index < -0.39 is 0 Å². The third-order valence-corrected chi connectivity index (χ3v) is 4.85. The van der Waals surface area contributed by atoms with Crippen LogP contribution >= 0.6 is 0 Å². The van der Waals surface area contributed by atoms with Gasteiger partial charge in [-0.05, 0) is 18.6 Å². The Balaban J connectivity index is 1.55. The van der Waals surface area contributed by atoms with Crippen molar-refractivity contribution in [2.75, 3.05) is 45.9 Å². The molecular formula is C20H28N2O+2. The van der Waals surface area contributed by atoms with Crippen molar-refractivity contribution in [3.05, 3.63) is 54.6 Å². The average Bonchev–Trinajstić information content (AvgIpc) is 2.63. The molecule has 0 atom stereocenters. The standard InChI is InChI=1S/C20H26N2O/c1-2-21-12-14-22(15-13-21)16-17-23-20-11-7-6-10-19(20)18-8-4-3-5-9-18/h3-11H,2,12-17H2,1H3/p+2. The topological polar surface area (TPSA) is 18.1 Å². The van der Waals surface area contributed by atoms with Gasteiger partial charge in [0.05, 0.1) is 6.54 Å². The monoisotopic (exact) mass is 312 g/mol. The van der Waals surface area contributed by atoms with Gasteiger partial charge in [0.25, 0.3) is 0 Å². The number of benzene rings is 2. The summed E-state index contributed by atoms with van der Waals surface area (Å²) in [6, 6.07) is 18.8. The van der Waals surface area contributed by atoms with Crippen molar-refractivity contribution >= 4 is 0 Å². The van der Waals surface area contributed by atoms with Crippen molar-refractivity contribution in [3.8, 4) is 16.9 Å². The van der Waals surface area contributed by atoms with Gasteiger partial charge in [0.15, 0.2) is 0 Å². The fourth-order valence-corrected chi connectivity index (χ4v) is 3.31. The maximum Gasteiger partial charge on any atom is 0.137 e. The normalized spacial score (nSPS) is 21.1. The lowest BCUT2D eigenvalue weighted by molar-refractivity contribution is -1.01. The van der Waals surface area contributed by atoms with E-state index in [-0.39, 0.29) is 0 Å². The van der Waals surface area contributed by atoms with E-state index in [1.165, 1.54) is 43.9 Å². The van der Waals surface area contributed by atoms with Gasteiger partial charge < -0.3 is 14.5 Å². The summed E-state index contributed by atoms with van der Waals surface area (Å²) >= 11 is 0. The van der Waals surface area contributed by atoms with Crippen LogP contribution in [-0.4, -0.2) is 45.9 Å². The summed E-state index contributed by atoms with van der Waals surface area (Å²) in [5.74, 6) is 0.996. The van der Waals surface area contributed by atoms with Gasteiger partial charge in [-0.3, -0.25) is 0 Å². The van der Waals surface area contributed by atoms with E-state index in [1.54, 1.807) is 9.80 Å². The number of piperazine rings is 1. The molecule has 1 aliphatic rings. The van der Waals surface area contributed by atoms with Gasteiger partial charge in [-0.25, -0.2) is 0 Å². The van der Waals surface area contributed by atoms with Gasteiger partial charge >= 0.3 is 0 Å². The second kappa shape index (κ2) is 8.14. The molecule has 3 nitrogen and oxygen atoms in total. The summed E-state index contributed by atoms with van der Waals surface area (Å²) in [5.41, 5.74) is 2.40. The third-order valence-electron chi connectivity index (χ3n) is 4.85. The average molecular weight is 312 g/mol. The van der Waals surface area contributed by atoms with Crippen LogP contribution in [0.1, 0.15) is 6.92 Å². The summed E-state index contributed by atoms with van der Waals surface area (Å²) in [4.78, 5) is 3.42. The van der Waals surface area contributed by atoms with Gasteiger partial charge in [-0.2, -0.15) is 0 Å². The zero-order valence-electron chi connectivity index (χ0n) is 14.1. The molecule has 2 aromatic rings. The Morgan fingerprint density at radius 3 is 2.22 bits per heavy atom. The minimum Gasteiger partial charge on any atom is -0.487 e. The van der Waals surface area contributed by atoms with Crippen LogP contribution in [0.5, 0.6) is 5.75 Å². The molecule has 3 heteroatoms. The smallest absolute Gasteiger partial charge is 0.137 e. The SMILES string of the molecule is CC[NH+]1CC[NH+](CCOc2ccccc2-c2ccccc2)CC1. The Morgan fingerprint density at radius 1 is 0.826 bits per heavy atom. The molecule has 0 spiro atoms. The van der Waals surface area contributed by atoms with Crippen molar-refractivity contribution in [2.24, 2.45) is 0 Å². The molecule has 0 amide bonds. The van der Waals surface area contributed by atoms with Crippen molar-refractivity contribution < 1.29 is 14.5 Å². The largest absolute Gasteiger partial charge is 0.487 e. The molecule has 122 valence electrons. The Hall–Kier alpha value is -1.84. The highest BCUT2D eigenvalue weighted by Gasteiger charge is 2.21. The van der Waals surface area contributed by atoms with Gasteiger partial charge in [0, 0.05) is 5.56 Å². The maximum absolute atomic E-state index is 6.12. The van der Waals surface area contributed by atoms with Crippen molar-refractivity contribution in [2.45, 2.75) is 6.92 Å². The van der Waals surface area contributed by atoms with Gasteiger partial charge in [-0.15, -0.1) is 0 Å².